The van der Waals surface area contributed by atoms with Crippen LogP contribution in [-0.2, 0) is 5.88 Å². The van der Waals surface area contributed by atoms with Crippen LogP contribution in [0.5, 0.6) is 0 Å². The summed E-state index contributed by atoms with van der Waals surface area (Å²) in [6.07, 6.45) is 3.97. The maximum atomic E-state index is 6.12. The van der Waals surface area contributed by atoms with Crippen LogP contribution < -0.4 is 5.72 Å². The van der Waals surface area contributed by atoms with E-state index in [1.165, 1.54) is 27.9 Å². The predicted octanol–water partition coefficient (Wildman–Crippen LogP) is 5.08. The number of nitrogens with zero attached hydrogens (tertiary/aromatic N) is 2. The molecule has 4 heteroatoms. The normalized spacial score (nSPS) is 12.0. The van der Waals surface area contributed by atoms with Gasteiger partial charge in [-0.15, -0.1) is 11.6 Å². The van der Waals surface area contributed by atoms with Crippen molar-refractivity contribution in [1.29, 1.82) is 0 Å². The van der Waals surface area contributed by atoms with Crippen LogP contribution in [0.2, 0.25) is 0 Å². The highest BCUT2D eigenvalue weighted by Crippen LogP contribution is 2.25. The number of rotatable bonds is 6. The van der Waals surface area contributed by atoms with E-state index in [1.54, 1.807) is 0 Å². The first kappa shape index (κ1) is 19.5. The van der Waals surface area contributed by atoms with Gasteiger partial charge in [0.2, 0.25) is 7.28 Å². The summed E-state index contributed by atoms with van der Waals surface area (Å²) in [5.74, 6) is 0.733. The molecule has 0 radical (unpaired) electrons. The molecule has 0 fully saturated rings. The van der Waals surface area contributed by atoms with Crippen molar-refractivity contribution in [2.45, 2.75) is 25.5 Å². The molecule has 0 aliphatic heterocycles. The number of hydrogen-bond acceptors (Lipinski definition) is 1. The molecule has 4 aromatic rings. The number of halogens is 1. The van der Waals surface area contributed by atoms with Crippen LogP contribution in [0.25, 0.3) is 5.69 Å². The number of alkyl halides is 1. The fourth-order valence-electron chi connectivity index (χ4n) is 4.06. The molecule has 1 unspecified atom stereocenters. The van der Waals surface area contributed by atoms with Gasteiger partial charge in [0.25, 0.3) is 0 Å². The average molecular weight is 399 g/mol. The molecule has 0 N–H and O–H groups in total. The number of para-hydroxylation sites is 1. The zero-order valence-corrected chi connectivity index (χ0v) is 17.6. The van der Waals surface area contributed by atoms with E-state index in [0.29, 0.717) is 5.88 Å². The standard InChI is InChI=1S/C25H24BClN2/c1-18-8-6-9-19(2)24(18)29-15-14-28-25(29)26-23(21-11-4-3-5-12-21)22-13-7-10-20(16-22)17-27/h3-16,23,26H,17H2,1-2H3. The van der Waals surface area contributed by atoms with E-state index < -0.39 is 0 Å². The summed E-state index contributed by atoms with van der Waals surface area (Å²) in [5, 5.41) is 0. The van der Waals surface area contributed by atoms with E-state index in [0.717, 1.165) is 18.6 Å². The van der Waals surface area contributed by atoms with Gasteiger partial charge in [-0.05, 0) is 47.5 Å². The summed E-state index contributed by atoms with van der Waals surface area (Å²) in [6, 6.07) is 25.7. The van der Waals surface area contributed by atoms with Gasteiger partial charge in [0.05, 0.1) is 11.4 Å². The Labute approximate surface area is 178 Å². The monoisotopic (exact) mass is 398 g/mol. The van der Waals surface area contributed by atoms with Gasteiger partial charge in [-0.2, -0.15) is 0 Å². The second kappa shape index (κ2) is 8.71. The van der Waals surface area contributed by atoms with Gasteiger partial charge in [-0.3, -0.25) is 4.98 Å². The Hall–Kier alpha value is -2.78. The van der Waals surface area contributed by atoms with Crippen LogP contribution in [0.4, 0.5) is 0 Å². The van der Waals surface area contributed by atoms with E-state index in [1.807, 2.05) is 6.20 Å². The van der Waals surface area contributed by atoms with Gasteiger partial charge in [-0.25, -0.2) is 0 Å². The second-order valence-electron chi connectivity index (χ2n) is 7.50. The quantitative estimate of drug-likeness (QED) is 0.327. The third-order valence-electron chi connectivity index (χ3n) is 5.49. The fraction of sp³-hybridized carbons (Fsp3) is 0.160. The van der Waals surface area contributed by atoms with Crippen LogP contribution in [0.15, 0.2) is 85.2 Å². The van der Waals surface area contributed by atoms with Crippen LogP contribution in [0.1, 0.15) is 33.6 Å². The van der Waals surface area contributed by atoms with Crippen LogP contribution in [0.3, 0.4) is 0 Å². The minimum atomic E-state index is 0.213. The number of imidazole rings is 1. The lowest BCUT2D eigenvalue weighted by Crippen LogP contribution is -2.31. The van der Waals surface area contributed by atoms with Gasteiger partial charge in [0, 0.05) is 18.3 Å². The first-order chi connectivity index (χ1) is 14.2. The summed E-state index contributed by atoms with van der Waals surface area (Å²) in [7, 11) is 0.816. The zero-order valence-electron chi connectivity index (χ0n) is 16.8. The van der Waals surface area contributed by atoms with Crippen LogP contribution >= 0.6 is 11.6 Å². The Bertz CT molecular complexity index is 1080. The molecule has 0 saturated heterocycles. The molecule has 0 aliphatic rings. The Balaban J connectivity index is 1.78. The predicted molar refractivity (Wildman–Crippen MR) is 124 cm³/mol. The molecule has 0 amide bonds. The SMILES string of the molecule is Cc1cccc(C)c1-n1ccnc1BC(c1ccccc1)c1cccc(CCl)c1. The molecule has 0 bridgehead atoms. The molecule has 1 heterocycles. The fourth-order valence-corrected chi connectivity index (χ4v) is 4.23. The summed E-state index contributed by atoms with van der Waals surface area (Å²) in [6.45, 7) is 4.31. The van der Waals surface area contributed by atoms with E-state index >= 15 is 0 Å². The lowest BCUT2D eigenvalue weighted by molar-refractivity contribution is 1.04. The number of aromatic nitrogens is 2. The lowest BCUT2D eigenvalue weighted by Gasteiger charge is -2.20. The molecule has 3 aromatic carbocycles. The van der Waals surface area contributed by atoms with E-state index in [9.17, 15) is 0 Å². The average Bonchev–Trinajstić information content (AvgIpc) is 3.20. The molecule has 1 aromatic heterocycles. The molecule has 29 heavy (non-hydrogen) atoms. The number of benzene rings is 3. The van der Waals surface area contributed by atoms with E-state index in [-0.39, 0.29) is 5.82 Å². The van der Waals surface area contributed by atoms with Crippen molar-refractivity contribution >= 4 is 24.6 Å². The Morgan fingerprint density at radius 1 is 0.897 bits per heavy atom. The van der Waals surface area contributed by atoms with Crippen LogP contribution in [-0.4, -0.2) is 16.8 Å². The number of hydrogen-bond donors (Lipinski definition) is 0. The van der Waals surface area contributed by atoms with Gasteiger partial charge >= 0.3 is 0 Å². The number of aryl methyl sites for hydroxylation is 2. The van der Waals surface area contributed by atoms with Crippen molar-refractivity contribution in [1.82, 2.24) is 9.55 Å². The lowest BCUT2D eigenvalue weighted by atomic mass is 9.58. The molecule has 4 rings (SSSR count). The third kappa shape index (κ3) is 4.15. The van der Waals surface area contributed by atoms with Crippen molar-refractivity contribution in [3.05, 3.63) is 113 Å². The Morgan fingerprint density at radius 2 is 1.59 bits per heavy atom. The smallest absolute Gasteiger partial charge is 0.217 e. The molecule has 1 atom stereocenters. The summed E-state index contributed by atoms with van der Waals surface area (Å²) in [5.41, 5.74) is 8.49. The molecular weight excluding hydrogens is 375 g/mol. The highest BCUT2D eigenvalue weighted by Gasteiger charge is 2.21. The van der Waals surface area contributed by atoms with Gasteiger partial charge in [0.1, 0.15) is 0 Å². The van der Waals surface area contributed by atoms with Gasteiger partial charge < -0.3 is 4.57 Å². The molecule has 0 aliphatic carbocycles. The molecule has 0 saturated carbocycles. The summed E-state index contributed by atoms with van der Waals surface area (Å²) < 4.78 is 2.24. The molecule has 0 spiro atoms. The Kier molecular flexibility index (Phi) is 5.87. The van der Waals surface area contributed by atoms with E-state index in [2.05, 4.69) is 97.4 Å². The van der Waals surface area contributed by atoms with Gasteiger partial charge in [0.15, 0.2) is 0 Å². The first-order valence-corrected chi connectivity index (χ1v) is 10.5. The highest BCUT2D eigenvalue weighted by molar-refractivity contribution is 6.54. The summed E-state index contributed by atoms with van der Waals surface area (Å²) >= 11 is 6.12. The van der Waals surface area contributed by atoms with Crippen molar-refractivity contribution in [3.63, 3.8) is 0 Å². The highest BCUT2D eigenvalue weighted by atomic mass is 35.5. The molecular formula is C25H24BClN2. The minimum absolute atomic E-state index is 0.213. The summed E-state index contributed by atoms with van der Waals surface area (Å²) in [4.78, 5) is 4.75. The maximum absolute atomic E-state index is 6.12. The maximum Gasteiger partial charge on any atom is 0.217 e. The van der Waals surface area contributed by atoms with Crippen LogP contribution in [0, 0.1) is 13.8 Å². The minimum Gasteiger partial charge on any atom is -0.312 e. The topological polar surface area (TPSA) is 17.8 Å². The Morgan fingerprint density at radius 3 is 2.31 bits per heavy atom. The van der Waals surface area contributed by atoms with Crippen molar-refractivity contribution in [2.24, 2.45) is 0 Å². The second-order valence-corrected chi connectivity index (χ2v) is 7.77. The van der Waals surface area contributed by atoms with Crippen molar-refractivity contribution < 1.29 is 0 Å². The molecule has 2 nitrogen and oxygen atoms in total. The first-order valence-electron chi connectivity index (χ1n) is 9.96. The zero-order chi connectivity index (χ0) is 20.2. The van der Waals surface area contributed by atoms with Crippen molar-refractivity contribution in [3.8, 4) is 5.69 Å². The third-order valence-corrected chi connectivity index (χ3v) is 5.80. The van der Waals surface area contributed by atoms with E-state index in [4.69, 9.17) is 16.6 Å². The largest absolute Gasteiger partial charge is 0.312 e. The molecule has 144 valence electrons. The van der Waals surface area contributed by atoms with Gasteiger partial charge in [-0.1, -0.05) is 72.8 Å². The van der Waals surface area contributed by atoms with Crippen molar-refractivity contribution in [2.75, 3.05) is 0 Å².